The van der Waals surface area contributed by atoms with Crippen LogP contribution < -0.4 is 4.84 Å². The molecule has 0 saturated carbocycles. The molecular formula is C9H12N4O. The van der Waals surface area contributed by atoms with Crippen LogP contribution in [0.5, 0.6) is 0 Å². The second-order valence-corrected chi connectivity index (χ2v) is 4.01. The van der Waals surface area contributed by atoms with Crippen LogP contribution in [-0.4, -0.2) is 25.7 Å². The number of hydrogen-bond acceptors (Lipinski definition) is 4. The Morgan fingerprint density at radius 3 is 2.86 bits per heavy atom. The average Bonchev–Trinajstić information content (AvgIpc) is 2.47. The molecule has 0 spiro atoms. The van der Waals surface area contributed by atoms with E-state index in [0.717, 1.165) is 5.52 Å². The second kappa shape index (κ2) is 2.94. The zero-order valence-corrected chi connectivity index (χ0v) is 8.43. The monoisotopic (exact) mass is 192 g/mol. The molecule has 0 unspecified atom stereocenters. The molecule has 0 fully saturated rings. The van der Waals surface area contributed by atoms with Gasteiger partial charge < -0.3 is 4.84 Å². The predicted octanol–water partition coefficient (Wildman–Crippen LogP) is 1.05. The number of fused-ring (bicyclic) bond motifs is 1. The molecule has 2 aromatic heterocycles. The SMILES string of the molecule is CC(C)(C)On1nnc2ncccc21. The van der Waals surface area contributed by atoms with E-state index in [1.807, 2.05) is 32.9 Å². The van der Waals surface area contributed by atoms with Gasteiger partial charge in [0.25, 0.3) is 0 Å². The Balaban J connectivity index is 2.44. The second-order valence-electron chi connectivity index (χ2n) is 4.01. The fourth-order valence-corrected chi connectivity index (χ4v) is 1.07. The van der Waals surface area contributed by atoms with Crippen LogP contribution in [0.25, 0.3) is 11.2 Å². The molecule has 74 valence electrons. The molecule has 0 aromatic carbocycles. The molecule has 0 saturated heterocycles. The number of pyridine rings is 1. The third-order valence-corrected chi connectivity index (χ3v) is 1.55. The van der Waals surface area contributed by atoms with E-state index in [0.29, 0.717) is 5.65 Å². The van der Waals surface area contributed by atoms with Crippen molar-refractivity contribution in [2.45, 2.75) is 26.4 Å². The molecule has 0 radical (unpaired) electrons. The van der Waals surface area contributed by atoms with E-state index in [1.54, 1.807) is 6.20 Å². The van der Waals surface area contributed by atoms with Gasteiger partial charge in [0.1, 0.15) is 11.1 Å². The van der Waals surface area contributed by atoms with Crippen LogP contribution in [0.15, 0.2) is 18.3 Å². The Kier molecular flexibility index (Phi) is 1.87. The Bertz CT molecular complexity index is 443. The number of nitrogens with zero attached hydrogens (tertiary/aromatic N) is 4. The lowest BCUT2D eigenvalue weighted by Gasteiger charge is -2.19. The van der Waals surface area contributed by atoms with Gasteiger partial charge in [-0.1, -0.05) is 4.85 Å². The maximum Gasteiger partial charge on any atom is 0.205 e. The van der Waals surface area contributed by atoms with Crippen molar-refractivity contribution in [1.82, 2.24) is 20.1 Å². The minimum absolute atomic E-state index is 0.295. The molecule has 14 heavy (non-hydrogen) atoms. The van der Waals surface area contributed by atoms with Crippen LogP contribution in [0.2, 0.25) is 0 Å². The first-order chi connectivity index (χ1) is 6.56. The summed E-state index contributed by atoms with van der Waals surface area (Å²) in [6, 6.07) is 3.70. The van der Waals surface area contributed by atoms with Gasteiger partial charge in [-0.05, 0) is 38.1 Å². The van der Waals surface area contributed by atoms with E-state index in [-0.39, 0.29) is 5.60 Å². The van der Waals surface area contributed by atoms with Crippen molar-refractivity contribution >= 4 is 11.2 Å². The summed E-state index contributed by atoms with van der Waals surface area (Å²) in [6.07, 6.45) is 1.68. The predicted molar refractivity (Wildman–Crippen MR) is 51.7 cm³/mol. The van der Waals surface area contributed by atoms with Crippen LogP contribution in [0.1, 0.15) is 20.8 Å². The minimum atomic E-state index is -0.295. The van der Waals surface area contributed by atoms with Gasteiger partial charge in [-0.25, -0.2) is 4.98 Å². The summed E-state index contributed by atoms with van der Waals surface area (Å²) in [5.74, 6) is 0. The largest absolute Gasteiger partial charge is 0.389 e. The van der Waals surface area contributed by atoms with E-state index >= 15 is 0 Å². The van der Waals surface area contributed by atoms with Crippen LogP contribution in [0, 0.1) is 0 Å². The van der Waals surface area contributed by atoms with Crippen LogP contribution in [-0.2, 0) is 0 Å². The fraction of sp³-hybridized carbons (Fsp3) is 0.444. The summed E-state index contributed by atoms with van der Waals surface area (Å²) in [6.45, 7) is 5.87. The van der Waals surface area contributed by atoms with Gasteiger partial charge in [-0.2, -0.15) is 0 Å². The lowest BCUT2D eigenvalue weighted by molar-refractivity contribution is -0.0295. The standard InChI is InChI=1S/C9H12N4O/c1-9(2,3)14-13-7-5-4-6-10-8(7)11-12-13/h4-6H,1-3H3. The third kappa shape index (κ3) is 1.66. The molecule has 5 nitrogen and oxygen atoms in total. The molecule has 0 bridgehead atoms. The maximum absolute atomic E-state index is 5.56. The highest BCUT2D eigenvalue weighted by Crippen LogP contribution is 2.09. The molecule has 0 N–H and O–H groups in total. The molecule has 2 heterocycles. The smallest absolute Gasteiger partial charge is 0.205 e. The van der Waals surface area contributed by atoms with E-state index in [1.165, 1.54) is 4.85 Å². The normalized spacial score (nSPS) is 11.9. The summed E-state index contributed by atoms with van der Waals surface area (Å²) in [7, 11) is 0. The highest BCUT2D eigenvalue weighted by Gasteiger charge is 2.15. The molecule has 0 aliphatic carbocycles. The van der Waals surface area contributed by atoms with Crippen molar-refractivity contribution in [2.75, 3.05) is 0 Å². The number of aromatic nitrogens is 4. The first kappa shape index (κ1) is 8.93. The quantitative estimate of drug-likeness (QED) is 0.677. The topological polar surface area (TPSA) is 52.8 Å². The summed E-state index contributed by atoms with van der Waals surface area (Å²) >= 11 is 0. The third-order valence-electron chi connectivity index (χ3n) is 1.55. The Hall–Kier alpha value is -1.65. The van der Waals surface area contributed by atoms with Gasteiger partial charge in [0.15, 0.2) is 0 Å². The van der Waals surface area contributed by atoms with Gasteiger partial charge in [0, 0.05) is 6.20 Å². The highest BCUT2D eigenvalue weighted by atomic mass is 16.7. The van der Waals surface area contributed by atoms with Gasteiger partial charge in [-0.15, -0.1) is 5.10 Å². The van der Waals surface area contributed by atoms with E-state index in [2.05, 4.69) is 15.3 Å². The lowest BCUT2D eigenvalue weighted by Crippen LogP contribution is -2.31. The highest BCUT2D eigenvalue weighted by molar-refractivity contribution is 5.68. The minimum Gasteiger partial charge on any atom is -0.389 e. The zero-order valence-electron chi connectivity index (χ0n) is 8.43. The van der Waals surface area contributed by atoms with Gasteiger partial charge in [0.05, 0.1) is 0 Å². The Morgan fingerprint density at radius 1 is 1.36 bits per heavy atom. The van der Waals surface area contributed by atoms with Crippen molar-refractivity contribution in [1.29, 1.82) is 0 Å². The molecular weight excluding hydrogens is 180 g/mol. The first-order valence-corrected chi connectivity index (χ1v) is 4.42. The van der Waals surface area contributed by atoms with Crippen LogP contribution >= 0.6 is 0 Å². The molecule has 0 aliphatic rings. The fourth-order valence-electron chi connectivity index (χ4n) is 1.07. The lowest BCUT2D eigenvalue weighted by atomic mass is 10.2. The van der Waals surface area contributed by atoms with Crippen molar-refractivity contribution in [3.63, 3.8) is 0 Å². The van der Waals surface area contributed by atoms with Crippen molar-refractivity contribution in [2.24, 2.45) is 0 Å². The molecule has 0 aliphatic heterocycles. The maximum atomic E-state index is 5.56. The summed E-state index contributed by atoms with van der Waals surface area (Å²) in [5.41, 5.74) is 1.08. The Morgan fingerprint density at radius 2 is 2.14 bits per heavy atom. The van der Waals surface area contributed by atoms with Gasteiger partial charge >= 0.3 is 0 Å². The molecule has 5 heteroatoms. The van der Waals surface area contributed by atoms with Crippen molar-refractivity contribution in [3.8, 4) is 0 Å². The van der Waals surface area contributed by atoms with E-state index < -0.39 is 0 Å². The van der Waals surface area contributed by atoms with Gasteiger partial charge in [-0.3, -0.25) is 0 Å². The Labute approximate surface area is 81.7 Å². The average molecular weight is 192 g/mol. The summed E-state index contributed by atoms with van der Waals surface area (Å²) in [5, 5.41) is 7.74. The summed E-state index contributed by atoms with van der Waals surface area (Å²) < 4.78 is 0. The number of rotatable bonds is 1. The van der Waals surface area contributed by atoms with E-state index in [4.69, 9.17) is 4.84 Å². The molecule has 0 amide bonds. The van der Waals surface area contributed by atoms with Crippen LogP contribution in [0.3, 0.4) is 0 Å². The molecule has 0 atom stereocenters. The summed E-state index contributed by atoms with van der Waals surface area (Å²) in [4.78, 5) is 11.0. The molecule has 2 rings (SSSR count). The van der Waals surface area contributed by atoms with E-state index in [9.17, 15) is 0 Å². The van der Waals surface area contributed by atoms with Crippen molar-refractivity contribution < 1.29 is 4.84 Å². The molecule has 2 aromatic rings. The zero-order chi connectivity index (χ0) is 10.2. The van der Waals surface area contributed by atoms with Gasteiger partial charge in [0.2, 0.25) is 5.65 Å². The van der Waals surface area contributed by atoms with Crippen LogP contribution in [0.4, 0.5) is 0 Å². The van der Waals surface area contributed by atoms with Crippen molar-refractivity contribution in [3.05, 3.63) is 18.3 Å². The number of hydrogen-bond donors (Lipinski definition) is 0. The first-order valence-electron chi connectivity index (χ1n) is 4.42.